The van der Waals surface area contributed by atoms with E-state index in [9.17, 15) is 4.79 Å². The van der Waals surface area contributed by atoms with Gasteiger partial charge < -0.3 is 15.8 Å². The van der Waals surface area contributed by atoms with Crippen LogP contribution in [0.5, 0.6) is 0 Å². The van der Waals surface area contributed by atoms with Crippen LogP contribution in [0.25, 0.3) is 0 Å². The fourth-order valence-corrected chi connectivity index (χ4v) is 1.49. The minimum Gasteiger partial charge on any atom is -0.469 e. The summed E-state index contributed by atoms with van der Waals surface area (Å²) in [7, 11) is 1.44. The van der Waals surface area contributed by atoms with Crippen molar-refractivity contribution in [2.45, 2.75) is 44.9 Å². The Balaban J connectivity index is 2.96. The Hall–Kier alpha value is -0.610. The molecular formula is C12H26N2O2. The third kappa shape index (κ3) is 11.5. The SMILES string of the molecule is COC(=O)CCCCCNCCCCCN. The Kier molecular flexibility index (Phi) is 12.0. The maximum atomic E-state index is 10.8. The molecule has 0 radical (unpaired) electrons. The van der Waals surface area contributed by atoms with Gasteiger partial charge in [-0.15, -0.1) is 0 Å². The number of esters is 1. The lowest BCUT2D eigenvalue weighted by molar-refractivity contribution is -0.140. The van der Waals surface area contributed by atoms with Gasteiger partial charge in [0.15, 0.2) is 0 Å². The van der Waals surface area contributed by atoms with Crippen molar-refractivity contribution in [1.29, 1.82) is 0 Å². The minimum absolute atomic E-state index is 0.102. The number of rotatable bonds is 11. The van der Waals surface area contributed by atoms with Gasteiger partial charge in [0, 0.05) is 6.42 Å². The molecular weight excluding hydrogens is 204 g/mol. The summed E-state index contributed by atoms with van der Waals surface area (Å²) in [6.45, 7) is 2.92. The monoisotopic (exact) mass is 230 g/mol. The van der Waals surface area contributed by atoms with Gasteiger partial charge in [0.1, 0.15) is 0 Å². The molecule has 0 atom stereocenters. The molecule has 4 nitrogen and oxygen atoms in total. The van der Waals surface area contributed by atoms with E-state index in [2.05, 4.69) is 10.1 Å². The average molecular weight is 230 g/mol. The van der Waals surface area contributed by atoms with Crippen LogP contribution in [0.4, 0.5) is 0 Å². The minimum atomic E-state index is -0.102. The van der Waals surface area contributed by atoms with E-state index < -0.39 is 0 Å². The van der Waals surface area contributed by atoms with Crippen molar-refractivity contribution >= 4 is 5.97 Å². The number of ether oxygens (including phenoxy) is 1. The van der Waals surface area contributed by atoms with E-state index in [1.807, 2.05) is 0 Å². The number of nitrogens with one attached hydrogen (secondary N) is 1. The van der Waals surface area contributed by atoms with Crippen molar-refractivity contribution in [2.75, 3.05) is 26.7 Å². The van der Waals surface area contributed by atoms with E-state index >= 15 is 0 Å². The lowest BCUT2D eigenvalue weighted by Crippen LogP contribution is -2.17. The molecule has 0 saturated heterocycles. The topological polar surface area (TPSA) is 64.3 Å². The van der Waals surface area contributed by atoms with Crippen LogP contribution in [0.15, 0.2) is 0 Å². The van der Waals surface area contributed by atoms with Crippen molar-refractivity contribution in [1.82, 2.24) is 5.32 Å². The number of hydrogen-bond donors (Lipinski definition) is 2. The molecule has 3 N–H and O–H groups in total. The summed E-state index contributed by atoms with van der Waals surface area (Å²) < 4.78 is 4.57. The number of carbonyl (C=O) groups excluding carboxylic acids is 1. The fourth-order valence-electron chi connectivity index (χ4n) is 1.49. The summed E-state index contributed by atoms with van der Waals surface area (Å²) in [6, 6.07) is 0. The molecule has 0 rings (SSSR count). The maximum Gasteiger partial charge on any atom is 0.305 e. The van der Waals surface area contributed by atoms with Gasteiger partial charge in [0.05, 0.1) is 7.11 Å². The highest BCUT2D eigenvalue weighted by molar-refractivity contribution is 5.68. The number of hydrogen-bond acceptors (Lipinski definition) is 4. The first kappa shape index (κ1) is 15.4. The van der Waals surface area contributed by atoms with Crippen molar-refractivity contribution < 1.29 is 9.53 Å². The fraction of sp³-hybridized carbons (Fsp3) is 0.917. The summed E-state index contributed by atoms with van der Waals surface area (Å²) >= 11 is 0. The lowest BCUT2D eigenvalue weighted by atomic mass is 10.2. The summed E-state index contributed by atoms with van der Waals surface area (Å²) in [6.07, 6.45) is 7.25. The Labute approximate surface area is 98.9 Å². The average Bonchev–Trinajstić information content (AvgIpc) is 2.31. The highest BCUT2D eigenvalue weighted by Crippen LogP contribution is 2.00. The quantitative estimate of drug-likeness (QED) is 0.416. The molecule has 0 aromatic heterocycles. The van der Waals surface area contributed by atoms with E-state index in [0.29, 0.717) is 6.42 Å². The van der Waals surface area contributed by atoms with Crippen molar-refractivity contribution in [2.24, 2.45) is 5.73 Å². The van der Waals surface area contributed by atoms with Crippen LogP contribution in [0.3, 0.4) is 0 Å². The van der Waals surface area contributed by atoms with Crippen LogP contribution < -0.4 is 11.1 Å². The van der Waals surface area contributed by atoms with Crippen LogP contribution in [0.1, 0.15) is 44.9 Å². The van der Waals surface area contributed by atoms with E-state index in [-0.39, 0.29) is 5.97 Å². The first-order valence-electron chi connectivity index (χ1n) is 6.29. The van der Waals surface area contributed by atoms with Gasteiger partial charge in [-0.2, -0.15) is 0 Å². The number of nitrogens with two attached hydrogens (primary N) is 1. The summed E-state index contributed by atoms with van der Waals surface area (Å²) in [5, 5.41) is 3.39. The lowest BCUT2D eigenvalue weighted by Gasteiger charge is -2.04. The van der Waals surface area contributed by atoms with Crippen molar-refractivity contribution in [3.05, 3.63) is 0 Å². The Morgan fingerprint density at radius 2 is 1.69 bits per heavy atom. The Morgan fingerprint density at radius 1 is 1.06 bits per heavy atom. The Morgan fingerprint density at radius 3 is 2.25 bits per heavy atom. The largest absolute Gasteiger partial charge is 0.469 e. The maximum absolute atomic E-state index is 10.8. The molecule has 0 aliphatic rings. The third-order valence-corrected chi connectivity index (χ3v) is 2.52. The zero-order chi connectivity index (χ0) is 12.1. The molecule has 0 amide bonds. The summed E-state index contributed by atoms with van der Waals surface area (Å²) in [5.41, 5.74) is 5.40. The molecule has 0 aromatic rings. The molecule has 16 heavy (non-hydrogen) atoms. The summed E-state index contributed by atoms with van der Waals surface area (Å²) in [5.74, 6) is -0.102. The number of methoxy groups -OCH3 is 1. The second-order valence-corrected chi connectivity index (χ2v) is 3.99. The molecule has 0 spiro atoms. The van der Waals surface area contributed by atoms with Gasteiger partial charge in [0.25, 0.3) is 0 Å². The van der Waals surface area contributed by atoms with Crippen molar-refractivity contribution in [3.63, 3.8) is 0 Å². The molecule has 0 fully saturated rings. The molecule has 0 unspecified atom stereocenters. The van der Waals surface area contributed by atoms with Gasteiger partial charge in [0.2, 0.25) is 0 Å². The van der Waals surface area contributed by atoms with Crippen molar-refractivity contribution in [3.8, 4) is 0 Å². The Bertz CT molecular complexity index is 163. The summed E-state index contributed by atoms with van der Waals surface area (Å²) in [4.78, 5) is 10.8. The normalized spacial score (nSPS) is 10.4. The van der Waals surface area contributed by atoms with Crippen LogP contribution in [0.2, 0.25) is 0 Å². The van der Waals surface area contributed by atoms with E-state index in [0.717, 1.165) is 45.3 Å². The standard InChI is InChI=1S/C12H26N2O2/c1-16-12(15)8-4-2-6-10-14-11-7-3-5-9-13/h14H,2-11,13H2,1H3. The molecule has 96 valence electrons. The van der Waals surface area contributed by atoms with Crippen LogP contribution >= 0.6 is 0 Å². The molecule has 0 saturated carbocycles. The molecule has 0 aliphatic carbocycles. The van der Waals surface area contributed by atoms with E-state index in [1.54, 1.807) is 0 Å². The number of carbonyl (C=O) groups is 1. The number of unbranched alkanes of at least 4 members (excludes halogenated alkanes) is 4. The van der Waals surface area contributed by atoms with Gasteiger partial charge >= 0.3 is 5.97 Å². The highest BCUT2D eigenvalue weighted by atomic mass is 16.5. The highest BCUT2D eigenvalue weighted by Gasteiger charge is 1.98. The van der Waals surface area contributed by atoms with Crippen LogP contribution in [0, 0.1) is 0 Å². The third-order valence-electron chi connectivity index (χ3n) is 2.52. The molecule has 0 heterocycles. The molecule has 0 aromatic carbocycles. The first-order chi connectivity index (χ1) is 7.81. The molecule has 0 aliphatic heterocycles. The second kappa shape index (κ2) is 12.5. The van der Waals surface area contributed by atoms with E-state index in [1.165, 1.54) is 20.0 Å². The molecule has 4 heteroatoms. The zero-order valence-electron chi connectivity index (χ0n) is 10.5. The predicted octanol–water partition coefficient (Wildman–Crippen LogP) is 1.44. The smallest absolute Gasteiger partial charge is 0.305 e. The predicted molar refractivity (Wildman–Crippen MR) is 66.3 cm³/mol. The van der Waals surface area contributed by atoms with Crippen LogP contribution in [-0.2, 0) is 9.53 Å². The van der Waals surface area contributed by atoms with Gasteiger partial charge in [-0.05, 0) is 45.3 Å². The van der Waals surface area contributed by atoms with Gasteiger partial charge in [-0.1, -0.05) is 12.8 Å². The zero-order valence-corrected chi connectivity index (χ0v) is 10.5. The van der Waals surface area contributed by atoms with E-state index in [4.69, 9.17) is 5.73 Å². The first-order valence-corrected chi connectivity index (χ1v) is 6.29. The van der Waals surface area contributed by atoms with Gasteiger partial charge in [-0.25, -0.2) is 0 Å². The second-order valence-electron chi connectivity index (χ2n) is 3.99. The molecule has 0 bridgehead atoms. The van der Waals surface area contributed by atoms with Gasteiger partial charge in [-0.3, -0.25) is 4.79 Å². The van der Waals surface area contributed by atoms with Crippen LogP contribution in [-0.4, -0.2) is 32.7 Å².